The summed E-state index contributed by atoms with van der Waals surface area (Å²) in [6, 6.07) is 0. The van der Waals surface area contributed by atoms with E-state index in [0.717, 1.165) is 6.42 Å². The Bertz CT molecular complexity index is 191. The van der Waals surface area contributed by atoms with Crippen LogP contribution in [0.2, 0.25) is 0 Å². The highest BCUT2D eigenvalue weighted by molar-refractivity contribution is 7.96. The van der Waals surface area contributed by atoms with E-state index in [0.29, 0.717) is 6.61 Å². The lowest BCUT2D eigenvalue weighted by Gasteiger charge is -1.98. The number of ether oxygens (including phenoxy) is 1. The van der Waals surface area contributed by atoms with Crippen molar-refractivity contribution in [2.45, 2.75) is 11.7 Å². The van der Waals surface area contributed by atoms with E-state index in [4.69, 9.17) is 4.74 Å². The molecule has 1 atom stereocenters. The Balaban J connectivity index is 0.000000292. The Kier molecular flexibility index (Phi) is 5.32. The second-order valence-electron chi connectivity index (χ2n) is 2.82. The minimum absolute atomic E-state index is 0.00309. The number of hydrogen-bond donors (Lipinski definition) is 0. The first-order chi connectivity index (χ1) is 6.22. The summed E-state index contributed by atoms with van der Waals surface area (Å²) in [6.07, 6.45) is 5.09. The Morgan fingerprint density at radius 1 is 1.36 bits per heavy atom. The molecule has 1 rings (SSSR count). The van der Waals surface area contributed by atoms with Crippen molar-refractivity contribution >= 4 is 24.1 Å². The lowest BCUT2D eigenvalue weighted by molar-refractivity contribution is -0.137. The molecule has 1 unspecified atom stereocenters. The van der Waals surface area contributed by atoms with E-state index in [2.05, 4.69) is 12.5 Å². The topological polar surface area (TPSA) is 26.3 Å². The lowest BCUT2D eigenvalue weighted by Crippen LogP contribution is -2.23. The minimum Gasteiger partial charge on any atom is -0.462 e. The van der Waals surface area contributed by atoms with Crippen molar-refractivity contribution in [3.8, 4) is 0 Å². The van der Waals surface area contributed by atoms with Gasteiger partial charge in [0.25, 0.3) is 0 Å². The van der Waals surface area contributed by atoms with Gasteiger partial charge in [-0.05, 0) is 10.9 Å². The molecule has 0 aromatic rings. The van der Waals surface area contributed by atoms with Crippen molar-refractivity contribution in [2.24, 2.45) is 0 Å². The first-order valence-electron chi connectivity index (χ1n) is 3.82. The highest BCUT2D eigenvalue weighted by atomic mass is 32.2. The summed E-state index contributed by atoms with van der Waals surface area (Å²) in [4.78, 5) is 10.8. The fraction of sp³-hybridized carbons (Fsp3) is 0.833. The zero-order chi connectivity index (χ0) is 11.4. The predicted molar refractivity (Wildman–Crippen MR) is 48.8 cm³/mol. The average molecular weight is 234 g/mol. The summed E-state index contributed by atoms with van der Waals surface area (Å²) in [5.74, 6) is 0.00309. The second kappa shape index (κ2) is 5.48. The van der Waals surface area contributed by atoms with E-state index in [1.807, 2.05) is 0 Å². The molecule has 1 fully saturated rings. The molecule has 0 radical (unpaired) electrons. The Morgan fingerprint density at radius 3 is 1.93 bits per heavy atom. The number of hydrogen-bond acceptors (Lipinski definition) is 2. The number of cyclic esters (lactones) is 1. The van der Waals surface area contributed by atoms with Crippen molar-refractivity contribution in [3.63, 3.8) is 0 Å². The average Bonchev–Trinajstić information content (AvgIpc) is 2.30. The van der Waals surface area contributed by atoms with Gasteiger partial charge in [0.2, 0.25) is 5.25 Å². The second-order valence-corrected chi connectivity index (χ2v) is 5.15. The largest absolute Gasteiger partial charge is 0.673 e. The van der Waals surface area contributed by atoms with Gasteiger partial charge in [0.15, 0.2) is 0 Å². The van der Waals surface area contributed by atoms with Gasteiger partial charge in [-0.3, -0.25) is 0 Å². The first kappa shape index (κ1) is 13.6. The fourth-order valence-corrected chi connectivity index (χ4v) is 1.93. The van der Waals surface area contributed by atoms with Crippen molar-refractivity contribution < 1.29 is 26.8 Å². The first-order valence-corrected chi connectivity index (χ1v) is 5.92. The molecule has 0 aromatic heterocycles. The van der Waals surface area contributed by atoms with Crippen molar-refractivity contribution in [1.82, 2.24) is 0 Å². The monoisotopic (exact) mass is 234 g/mol. The summed E-state index contributed by atoms with van der Waals surface area (Å²) in [6.45, 7) is 0.634. The van der Waals surface area contributed by atoms with Gasteiger partial charge in [-0.15, -0.1) is 0 Å². The van der Waals surface area contributed by atoms with Crippen molar-refractivity contribution in [1.29, 1.82) is 0 Å². The number of carbonyl (C=O) groups excluding carboxylic acids is 1. The maximum Gasteiger partial charge on any atom is 0.673 e. The van der Waals surface area contributed by atoms with Crippen LogP contribution in [0.4, 0.5) is 17.3 Å². The van der Waals surface area contributed by atoms with Gasteiger partial charge in [0.05, 0.1) is 19.1 Å². The molecule has 0 amide bonds. The fourth-order valence-electron chi connectivity index (χ4n) is 0.906. The van der Waals surface area contributed by atoms with Gasteiger partial charge in [0.1, 0.15) is 0 Å². The van der Waals surface area contributed by atoms with Crippen LogP contribution in [0, 0.1) is 0 Å². The molecular weight excluding hydrogens is 223 g/mol. The molecule has 0 aromatic carbocycles. The molecule has 8 heteroatoms. The van der Waals surface area contributed by atoms with Gasteiger partial charge in [-0.1, -0.05) is 0 Å². The summed E-state index contributed by atoms with van der Waals surface area (Å²) in [7, 11) is -5.80. The highest BCUT2D eigenvalue weighted by Gasteiger charge is 2.36. The van der Waals surface area contributed by atoms with Crippen LogP contribution in [-0.4, -0.2) is 37.6 Å². The van der Waals surface area contributed by atoms with Gasteiger partial charge < -0.3 is 22.0 Å². The zero-order valence-electron chi connectivity index (χ0n) is 7.81. The summed E-state index contributed by atoms with van der Waals surface area (Å²) in [5.41, 5.74) is 0. The summed E-state index contributed by atoms with van der Waals surface area (Å²) < 4.78 is 43.8. The van der Waals surface area contributed by atoms with Gasteiger partial charge in [0, 0.05) is 6.42 Å². The standard InChI is InChI=1S/C6H11O2S.BF4/c1-9(2)5-3-4-8-6(5)7;2-1(3,4)5/h5H,3-4H2,1-2H3;/q+1;-1. The molecule has 1 saturated heterocycles. The molecule has 1 aliphatic heterocycles. The number of rotatable bonds is 1. The summed E-state index contributed by atoms with van der Waals surface area (Å²) >= 11 is 0. The van der Waals surface area contributed by atoms with Gasteiger partial charge >= 0.3 is 13.2 Å². The third kappa shape index (κ3) is 7.05. The van der Waals surface area contributed by atoms with Crippen molar-refractivity contribution in [3.05, 3.63) is 0 Å². The van der Waals surface area contributed by atoms with Crippen LogP contribution < -0.4 is 0 Å². The van der Waals surface area contributed by atoms with Crippen LogP contribution in [0.15, 0.2) is 0 Å². The predicted octanol–water partition coefficient (Wildman–Crippen LogP) is 1.48. The van der Waals surface area contributed by atoms with E-state index < -0.39 is 7.25 Å². The van der Waals surface area contributed by atoms with Gasteiger partial charge in [-0.25, -0.2) is 4.79 Å². The van der Waals surface area contributed by atoms with Crippen LogP contribution in [0.3, 0.4) is 0 Å². The molecular formula is C6H11BF4O2S. The number of esters is 1. The maximum atomic E-state index is 10.8. The summed E-state index contributed by atoms with van der Waals surface area (Å²) in [5, 5.41) is 0.199. The molecule has 0 spiro atoms. The Hall–Kier alpha value is -0.395. The quantitative estimate of drug-likeness (QED) is 0.297. The molecule has 84 valence electrons. The van der Waals surface area contributed by atoms with E-state index in [1.165, 1.54) is 0 Å². The lowest BCUT2D eigenvalue weighted by atomic mass is 10.3. The maximum absolute atomic E-state index is 10.8. The van der Waals surface area contributed by atoms with E-state index in [9.17, 15) is 22.1 Å². The minimum atomic E-state index is -6.00. The van der Waals surface area contributed by atoms with Gasteiger partial charge in [-0.2, -0.15) is 0 Å². The molecule has 14 heavy (non-hydrogen) atoms. The number of halogens is 4. The molecule has 2 nitrogen and oxygen atoms in total. The number of carbonyl (C=O) groups is 1. The molecule has 0 aliphatic carbocycles. The zero-order valence-corrected chi connectivity index (χ0v) is 8.62. The molecule has 1 heterocycles. The molecule has 1 aliphatic rings. The van der Waals surface area contributed by atoms with Crippen LogP contribution in [0.25, 0.3) is 0 Å². The Labute approximate surface area is 82.4 Å². The third-order valence-electron chi connectivity index (χ3n) is 1.46. The SMILES string of the molecule is C[S+](C)C1CCOC1=O.F[B-](F)(F)F. The Morgan fingerprint density at radius 2 is 1.79 bits per heavy atom. The molecule has 0 N–H and O–H groups in total. The highest BCUT2D eigenvalue weighted by Crippen LogP contribution is 2.13. The normalized spacial score (nSPS) is 21.6. The van der Waals surface area contributed by atoms with E-state index >= 15 is 0 Å². The smallest absolute Gasteiger partial charge is 0.462 e. The molecule has 0 bridgehead atoms. The van der Waals surface area contributed by atoms with Crippen LogP contribution >= 0.6 is 0 Å². The third-order valence-corrected chi connectivity index (χ3v) is 3.02. The van der Waals surface area contributed by atoms with Crippen LogP contribution in [0.1, 0.15) is 6.42 Å². The van der Waals surface area contributed by atoms with E-state index in [-0.39, 0.29) is 22.1 Å². The molecule has 0 saturated carbocycles. The van der Waals surface area contributed by atoms with Crippen LogP contribution in [-0.2, 0) is 20.4 Å². The van der Waals surface area contributed by atoms with Crippen molar-refractivity contribution in [2.75, 3.05) is 19.1 Å². The van der Waals surface area contributed by atoms with E-state index in [1.54, 1.807) is 0 Å². The van der Waals surface area contributed by atoms with Crippen LogP contribution in [0.5, 0.6) is 0 Å².